The maximum Gasteiger partial charge on any atom is 0.408 e. The molecule has 0 aromatic carbocycles. The highest BCUT2D eigenvalue weighted by molar-refractivity contribution is 5.89. The number of hydrogen-bond acceptors (Lipinski definition) is 5. The van der Waals surface area contributed by atoms with E-state index >= 15 is 0 Å². The Bertz CT molecular complexity index is 650. The van der Waals surface area contributed by atoms with Crippen LogP contribution in [0.4, 0.5) is 4.79 Å². The number of amides is 2. The summed E-state index contributed by atoms with van der Waals surface area (Å²) in [5.41, 5.74) is -2.08. The van der Waals surface area contributed by atoms with Crippen molar-refractivity contribution in [3.05, 3.63) is 0 Å². The van der Waals surface area contributed by atoms with E-state index in [1.807, 2.05) is 0 Å². The molecule has 4 fully saturated rings. The molecule has 4 aliphatic carbocycles. The van der Waals surface area contributed by atoms with Crippen molar-refractivity contribution in [3.63, 3.8) is 0 Å². The van der Waals surface area contributed by atoms with Crippen LogP contribution in [0.3, 0.4) is 0 Å². The maximum atomic E-state index is 13.0. The zero-order chi connectivity index (χ0) is 20.9. The maximum absolute atomic E-state index is 13.0. The van der Waals surface area contributed by atoms with Crippen LogP contribution in [0.5, 0.6) is 0 Å². The number of carbonyl (C=O) groups is 3. The topological polar surface area (TPSA) is 93.7 Å². The summed E-state index contributed by atoms with van der Waals surface area (Å²) >= 11 is 0. The smallest absolute Gasteiger partial charge is 0.408 e. The molecule has 4 rings (SSSR count). The van der Waals surface area contributed by atoms with Gasteiger partial charge in [0.05, 0.1) is 12.5 Å². The van der Waals surface area contributed by atoms with E-state index in [0.29, 0.717) is 5.92 Å². The molecule has 4 aliphatic rings. The third-order valence-electron chi connectivity index (χ3n) is 6.57. The first-order valence-corrected chi connectivity index (χ1v) is 10.3. The molecule has 2 amide bonds. The molecule has 0 aromatic heterocycles. The van der Waals surface area contributed by atoms with E-state index < -0.39 is 17.2 Å². The minimum atomic E-state index is -1.09. The highest BCUT2D eigenvalue weighted by atomic mass is 16.6. The molecule has 0 aliphatic heterocycles. The van der Waals surface area contributed by atoms with E-state index in [4.69, 9.17) is 9.47 Å². The number of carbonyl (C=O) groups excluding carboxylic acids is 3. The summed E-state index contributed by atoms with van der Waals surface area (Å²) in [5, 5.41) is 5.86. The Morgan fingerprint density at radius 3 is 2.04 bits per heavy atom. The number of nitrogens with one attached hydrogen (secondary N) is 2. The van der Waals surface area contributed by atoms with E-state index in [9.17, 15) is 14.4 Å². The molecule has 7 nitrogen and oxygen atoms in total. The van der Waals surface area contributed by atoms with Crippen molar-refractivity contribution in [1.29, 1.82) is 0 Å². The largest absolute Gasteiger partial charge is 0.469 e. The van der Waals surface area contributed by atoms with Gasteiger partial charge in [-0.25, -0.2) is 4.79 Å². The zero-order valence-electron chi connectivity index (χ0n) is 17.9. The van der Waals surface area contributed by atoms with Gasteiger partial charge in [-0.1, -0.05) is 0 Å². The number of hydrogen-bond donors (Lipinski definition) is 2. The second-order valence-corrected chi connectivity index (χ2v) is 10.5. The van der Waals surface area contributed by atoms with E-state index in [1.165, 1.54) is 7.11 Å². The average Bonchev–Trinajstić information content (AvgIpc) is 2.54. The van der Waals surface area contributed by atoms with Crippen molar-refractivity contribution < 1.29 is 23.9 Å². The first kappa shape index (κ1) is 20.9. The Balaban J connectivity index is 1.65. The van der Waals surface area contributed by atoms with Gasteiger partial charge in [0, 0.05) is 6.04 Å². The molecule has 4 saturated carbocycles. The Kier molecular flexibility index (Phi) is 5.17. The normalized spacial score (nSPS) is 33.9. The fraction of sp³-hybridized carbons (Fsp3) is 0.857. The van der Waals surface area contributed by atoms with Crippen LogP contribution >= 0.6 is 0 Å². The molecular weight excluding hydrogens is 360 g/mol. The molecule has 0 saturated heterocycles. The van der Waals surface area contributed by atoms with Crippen molar-refractivity contribution in [2.45, 2.75) is 83.9 Å². The van der Waals surface area contributed by atoms with Crippen LogP contribution in [0, 0.1) is 23.2 Å². The first-order chi connectivity index (χ1) is 12.8. The van der Waals surface area contributed by atoms with Crippen LogP contribution in [0.25, 0.3) is 0 Å². The Morgan fingerprint density at radius 2 is 1.54 bits per heavy atom. The number of esters is 1. The molecule has 158 valence electrons. The lowest BCUT2D eigenvalue weighted by molar-refractivity contribution is -0.171. The average molecular weight is 395 g/mol. The number of alkyl carbamates (subject to hydrolysis) is 1. The lowest BCUT2D eigenvalue weighted by Crippen LogP contribution is -2.64. The van der Waals surface area contributed by atoms with Gasteiger partial charge < -0.3 is 20.1 Å². The van der Waals surface area contributed by atoms with Crippen LogP contribution in [0.15, 0.2) is 0 Å². The molecule has 0 heterocycles. The van der Waals surface area contributed by atoms with E-state index in [2.05, 4.69) is 10.6 Å². The molecule has 2 atom stereocenters. The van der Waals surface area contributed by atoms with Gasteiger partial charge in [0.1, 0.15) is 11.1 Å². The third-order valence-corrected chi connectivity index (χ3v) is 6.57. The van der Waals surface area contributed by atoms with E-state index in [-0.39, 0.29) is 35.2 Å². The van der Waals surface area contributed by atoms with Gasteiger partial charge in [-0.3, -0.25) is 9.59 Å². The number of ether oxygens (including phenoxy) is 2. The Labute approximate surface area is 167 Å². The summed E-state index contributed by atoms with van der Waals surface area (Å²) in [4.78, 5) is 37.5. The summed E-state index contributed by atoms with van der Waals surface area (Å²) < 4.78 is 10.4. The second-order valence-electron chi connectivity index (χ2n) is 10.5. The minimum Gasteiger partial charge on any atom is -0.469 e. The van der Waals surface area contributed by atoms with Gasteiger partial charge in [0.25, 0.3) is 0 Å². The van der Waals surface area contributed by atoms with Gasteiger partial charge in [-0.05, 0) is 84.5 Å². The summed E-state index contributed by atoms with van der Waals surface area (Å²) in [6.45, 7) is 8.71. The molecule has 2 N–H and O–H groups in total. The van der Waals surface area contributed by atoms with E-state index in [1.54, 1.807) is 34.6 Å². The lowest BCUT2D eigenvalue weighted by atomic mass is 9.48. The molecule has 7 heteroatoms. The Morgan fingerprint density at radius 1 is 0.964 bits per heavy atom. The zero-order valence-corrected chi connectivity index (χ0v) is 17.9. The summed E-state index contributed by atoms with van der Waals surface area (Å²) in [6.07, 6.45) is 3.94. The van der Waals surface area contributed by atoms with Crippen LogP contribution < -0.4 is 10.6 Å². The predicted molar refractivity (Wildman–Crippen MR) is 103 cm³/mol. The summed E-state index contributed by atoms with van der Waals surface area (Å²) in [5.74, 6) is 0.794. The van der Waals surface area contributed by atoms with Crippen LogP contribution in [0.2, 0.25) is 0 Å². The van der Waals surface area contributed by atoms with Gasteiger partial charge >= 0.3 is 12.1 Å². The minimum absolute atomic E-state index is 0.0431. The van der Waals surface area contributed by atoms with Crippen molar-refractivity contribution in [1.82, 2.24) is 10.6 Å². The van der Waals surface area contributed by atoms with E-state index in [0.717, 1.165) is 32.1 Å². The van der Waals surface area contributed by atoms with Crippen molar-refractivity contribution in [3.8, 4) is 0 Å². The summed E-state index contributed by atoms with van der Waals surface area (Å²) in [7, 11) is 1.46. The van der Waals surface area contributed by atoms with Crippen LogP contribution in [0.1, 0.15) is 66.7 Å². The van der Waals surface area contributed by atoms with Gasteiger partial charge in [-0.2, -0.15) is 0 Å². The molecule has 0 aromatic rings. The first-order valence-electron chi connectivity index (χ1n) is 10.3. The fourth-order valence-corrected chi connectivity index (χ4v) is 5.67. The van der Waals surface area contributed by atoms with Crippen molar-refractivity contribution >= 4 is 18.0 Å². The molecule has 0 spiro atoms. The molecule has 0 radical (unpaired) electrons. The lowest BCUT2D eigenvalue weighted by Gasteiger charge is -2.58. The van der Waals surface area contributed by atoms with Gasteiger partial charge in [0.15, 0.2) is 0 Å². The van der Waals surface area contributed by atoms with Gasteiger partial charge in [-0.15, -0.1) is 0 Å². The third kappa shape index (κ3) is 3.98. The molecule has 28 heavy (non-hydrogen) atoms. The quantitative estimate of drug-likeness (QED) is 0.715. The highest BCUT2D eigenvalue weighted by Gasteiger charge is 2.59. The SMILES string of the molecule is COC(=O)[C@]12CC3CC(C1)[C@H](NC(=O)C(C)(C)NC(=O)OC(C)(C)C)C(C3)C2. The summed E-state index contributed by atoms with van der Waals surface area (Å²) in [6, 6.07) is 0.0431. The van der Waals surface area contributed by atoms with Crippen LogP contribution in [-0.4, -0.2) is 42.3 Å². The second kappa shape index (κ2) is 6.92. The standard InChI is InChI=1S/C21H34N2O5/c1-19(2,3)28-18(26)23-20(4,5)16(24)22-15-13-7-12-8-14(15)11-21(9-12,10-13)17(25)27-6/h12-15H,7-11H2,1-6H3,(H,22,24)(H,23,26)/t12?,13?,14?,15-,21+. The Hall–Kier alpha value is -1.79. The monoisotopic (exact) mass is 394 g/mol. The van der Waals surface area contributed by atoms with Crippen molar-refractivity contribution in [2.75, 3.05) is 7.11 Å². The van der Waals surface area contributed by atoms with Crippen molar-refractivity contribution in [2.24, 2.45) is 23.2 Å². The molecule has 2 unspecified atom stereocenters. The molecule has 4 bridgehead atoms. The highest BCUT2D eigenvalue weighted by Crippen LogP contribution is 2.60. The number of rotatable bonds is 4. The molecular formula is C21H34N2O5. The van der Waals surface area contributed by atoms with Crippen LogP contribution in [-0.2, 0) is 19.1 Å². The predicted octanol–water partition coefficient (Wildman–Crippen LogP) is 2.77. The fourth-order valence-electron chi connectivity index (χ4n) is 5.67. The number of methoxy groups -OCH3 is 1. The van der Waals surface area contributed by atoms with Gasteiger partial charge in [0.2, 0.25) is 5.91 Å².